The molecule has 4 heterocycles. The van der Waals surface area contributed by atoms with Crippen LogP contribution < -0.4 is 15.0 Å². The summed E-state index contributed by atoms with van der Waals surface area (Å²) in [5, 5.41) is 14.1. The molecule has 0 aliphatic carbocycles. The number of carbonyl (C=O) groups excluding carboxylic acids is 1. The fraction of sp³-hybridized carbons (Fsp3) is 0.533. The molecule has 12 nitrogen and oxygen atoms in total. The van der Waals surface area contributed by atoms with Crippen LogP contribution in [0.3, 0.4) is 0 Å². The van der Waals surface area contributed by atoms with Crippen LogP contribution >= 0.6 is 0 Å². The van der Waals surface area contributed by atoms with E-state index in [1.165, 1.54) is 17.5 Å². The lowest BCUT2D eigenvalue weighted by molar-refractivity contribution is 0.0209. The Bertz CT molecular complexity index is 1350. The average molecular weight is 581 g/mol. The second-order valence-corrected chi connectivity index (χ2v) is 10.9. The summed E-state index contributed by atoms with van der Waals surface area (Å²) in [6.07, 6.45) is 2.21. The number of rotatable bonds is 15. The Morgan fingerprint density at radius 2 is 2.12 bits per heavy atom. The minimum atomic E-state index is -0.626. The quantitative estimate of drug-likeness (QED) is 0.256. The highest BCUT2D eigenvalue weighted by Crippen LogP contribution is 2.25. The number of aryl methyl sites for hydroxylation is 1. The zero-order valence-electron chi connectivity index (χ0n) is 24.5. The highest BCUT2D eigenvalue weighted by Gasteiger charge is 2.23. The normalized spacial score (nSPS) is 16.0. The van der Waals surface area contributed by atoms with Crippen LogP contribution in [0.25, 0.3) is 0 Å². The number of benzene rings is 1. The van der Waals surface area contributed by atoms with E-state index in [4.69, 9.17) is 18.6 Å². The van der Waals surface area contributed by atoms with Gasteiger partial charge in [-0.3, -0.25) is 9.69 Å². The number of anilines is 2. The molecular weight excluding hydrogens is 540 g/mol. The lowest BCUT2D eigenvalue weighted by Gasteiger charge is -2.30. The van der Waals surface area contributed by atoms with Gasteiger partial charge in [-0.25, -0.2) is 9.97 Å². The summed E-state index contributed by atoms with van der Waals surface area (Å²) >= 11 is 0. The Morgan fingerprint density at radius 1 is 1.26 bits per heavy atom. The molecule has 1 saturated heterocycles. The van der Waals surface area contributed by atoms with Crippen molar-refractivity contribution in [2.45, 2.75) is 51.5 Å². The number of hydrogen-bond donors (Lipinski definition) is 2. The number of nitrogens with one attached hydrogen (secondary N) is 1. The highest BCUT2D eigenvalue weighted by molar-refractivity contribution is 5.95. The number of β-amino-alcohol motifs (C(OH)–C–C–N with tert-alkyl or cyclic N) is 1. The topological polar surface area (TPSA) is 135 Å². The Morgan fingerprint density at radius 3 is 2.86 bits per heavy atom. The molecule has 2 N–H and O–H groups in total. The molecule has 0 amide bonds. The van der Waals surface area contributed by atoms with Gasteiger partial charge in [0, 0.05) is 52.8 Å². The fourth-order valence-corrected chi connectivity index (χ4v) is 4.94. The van der Waals surface area contributed by atoms with Crippen molar-refractivity contribution in [2.24, 2.45) is 0 Å². The van der Waals surface area contributed by atoms with E-state index in [2.05, 4.69) is 37.3 Å². The van der Waals surface area contributed by atoms with Crippen molar-refractivity contribution in [3.8, 4) is 5.75 Å². The Kier molecular flexibility index (Phi) is 10.0. The number of ether oxygens (including phenoxy) is 3. The maximum absolute atomic E-state index is 13.2. The van der Waals surface area contributed by atoms with Crippen molar-refractivity contribution in [3.05, 3.63) is 58.9 Å². The molecule has 42 heavy (non-hydrogen) atoms. The van der Waals surface area contributed by atoms with Gasteiger partial charge in [0.25, 0.3) is 0 Å². The minimum Gasteiger partial charge on any atom is -0.486 e. The molecule has 1 atom stereocenters. The number of fused-ring (bicyclic) bond motifs is 1. The molecular formula is C30H40N6O6. The van der Waals surface area contributed by atoms with Crippen LogP contribution in [0, 0.1) is 6.92 Å². The zero-order valence-corrected chi connectivity index (χ0v) is 24.5. The van der Waals surface area contributed by atoms with Crippen LogP contribution in [0.2, 0.25) is 0 Å². The molecule has 3 aromatic rings. The number of likely N-dealkylation sites (N-methyl/N-ethyl adjacent to an activating group) is 1. The first-order valence-electron chi connectivity index (χ1n) is 14.4. The van der Waals surface area contributed by atoms with E-state index in [1.807, 2.05) is 24.9 Å². The van der Waals surface area contributed by atoms with E-state index in [-0.39, 0.29) is 18.2 Å². The van der Waals surface area contributed by atoms with Gasteiger partial charge in [0.05, 0.1) is 37.7 Å². The minimum absolute atomic E-state index is 0.122. The first kappa shape index (κ1) is 29.9. The van der Waals surface area contributed by atoms with Gasteiger partial charge in [-0.2, -0.15) is 4.98 Å². The Labute approximate surface area is 246 Å². The number of oxazole rings is 1. The molecule has 2 aliphatic rings. The fourth-order valence-electron chi connectivity index (χ4n) is 4.94. The molecule has 0 bridgehead atoms. The molecule has 1 aromatic carbocycles. The largest absolute Gasteiger partial charge is 0.486 e. The van der Waals surface area contributed by atoms with Crippen molar-refractivity contribution in [1.29, 1.82) is 0 Å². The summed E-state index contributed by atoms with van der Waals surface area (Å²) < 4.78 is 21.7. The van der Waals surface area contributed by atoms with Crippen LogP contribution in [0.4, 0.5) is 11.8 Å². The van der Waals surface area contributed by atoms with Crippen LogP contribution in [0.1, 0.15) is 45.9 Å². The van der Waals surface area contributed by atoms with Crippen molar-refractivity contribution < 1.29 is 28.5 Å². The van der Waals surface area contributed by atoms with Gasteiger partial charge < -0.3 is 34.0 Å². The molecule has 0 radical (unpaired) electrons. The van der Waals surface area contributed by atoms with E-state index < -0.39 is 6.10 Å². The number of Topliss-reactive ketones (excluding diaryl/α,β-unsaturated/α-hetero) is 1. The highest BCUT2D eigenvalue weighted by atomic mass is 16.5. The van der Waals surface area contributed by atoms with E-state index >= 15 is 0 Å². The second kappa shape index (κ2) is 14.1. The predicted molar refractivity (Wildman–Crippen MR) is 156 cm³/mol. The number of ketones is 1. The number of aliphatic hydroxyl groups is 1. The average Bonchev–Trinajstić information content (AvgIpc) is 3.39. The third kappa shape index (κ3) is 7.82. The smallest absolute Gasteiger partial charge is 0.227 e. The summed E-state index contributed by atoms with van der Waals surface area (Å²) in [4.78, 5) is 30.5. The maximum Gasteiger partial charge on any atom is 0.227 e. The summed E-state index contributed by atoms with van der Waals surface area (Å²) in [7, 11) is 3.51. The van der Waals surface area contributed by atoms with Crippen LogP contribution in [0.5, 0.6) is 5.75 Å². The van der Waals surface area contributed by atoms with E-state index in [9.17, 15) is 9.90 Å². The van der Waals surface area contributed by atoms with Crippen molar-refractivity contribution in [1.82, 2.24) is 19.9 Å². The first-order chi connectivity index (χ1) is 20.4. The number of carbonyl (C=O) groups is 1. The molecule has 2 aromatic heterocycles. The lowest BCUT2D eigenvalue weighted by Crippen LogP contribution is -2.40. The van der Waals surface area contributed by atoms with Crippen molar-refractivity contribution in [3.63, 3.8) is 0 Å². The number of aliphatic hydroxyl groups excluding tert-OH is 1. The van der Waals surface area contributed by atoms with Crippen LogP contribution in [-0.4, -0.2) is 96.5 Å². The molecule has 12 heteroatoms. The number of methoxy groups -OCH3 is 1. The zero-order chi connectivity index (χ0) is 29.5. The van der Waals surface area contributed by atoms with Crippen molar-refractivity contribution >= 4 is 17.5 Å². The van der Waals surface area contributed by atoms with E-state index in [1.54, 1.807) is 13.2 Å². The lowest BCUT2D eigenvalue weighted by atomic mass is 9.98. The number of hydrogen-bond acceptors (Lipinski definition) is 12. The van der Waals surface area contributed by atoms with Crippen molar-refractivity contribution in [2.75, 3.05) is 63.8 Å². The monoisotopic (exact) mass is 580 g/mol. The molecule has 2 aliphatic heterocycles. The molecule has 226 valence electrons. The van der Waals surface area contributed by atoms with Gasteiger partial charge in [-0.1, -0.05) is 6.07 Å². The predicted octanol–water partition coefficient (Wildman–Crippen LogP) is 2.63. The molecule has 5 rings (SSSR count). The first-order valence-corrected chi connectivity index (χ1v) is 14.4. The third-order valence-electron chi connectivity index (χ3n) is 7.62. The van der Waals surface area contributed by atoms with E-state index in [0.717, 1.165) is 36.7 Å². The Balaban J connectivity index is 1.12. The summed E-state index contributed by atoms with van der Waals surface area (Å²) in [6, 6.07) is 7.98. The standard InChI is InChI=1S/C30H40N6O6/c1-20-28(42-19-31-20)18-41-25-6-4-22-14-36(9-8-21(22)12-25)15-24(37)5-7-27(38)26-13-29(32-23-16-40-17-23)34-30(33-26)35(2)10-11-39-3/h4,6,12-13,19,23-24,37H,5,7-11,14-18H2,1-3H3,(H,32,33,34)/t24-/m0/s1. The van der Waals surface area contributed by atoms with Gasteiger partial charge >= 0.3 is 0 Å². The summed E-state index contributed by atoms with van der Waals surface area (Å²) in [5.41, 5.74) is 3.63. The second-order valence-electron chi connectivity index (χ2n) is 10.9. The number of nitrogens with zero attached hydrogens (tertiary/aromatic N) is 5. The van der Waals surface area contributed by atoms with Gasteiger partial charge in [0.1, 0.15) is 23.9 Å². The Hall–Kier alpha value is -3.58. The van der Waals surface area contributed by atoms with Gasteiger partial charge in [0.2, 0.25) is 5.95 Å². The third-order valence-corrected chi connectivity index (χ3v) is 7.62. The summed E-state index contributed by atoms with van der Waals surface area (Å²) in [5.74, 6) is 2.45. The van der Waals surface area contributed by atoms with Crippen LogP contribution in [-0.2, 0) is 29.0 Å². The van der Waals surface area contributed by atoms with Crippen LogP contribution in [0.15, 0.2) is 35.1 Å². The van der Waals surface area contributed by atoms with Gasteiger partial charge in [0.15, 0.2) is 17.9 Å². The maximum atomic E-state index is 13.2. The SMILES string of the molecule is COCCN(C)c1nc(NC2COC2)cc(C(=O)CC[C@H](O)CN2CCc3cc(OCc4ocnc4C)ccc3C2)n1. The molecule has 0 saturated carbocycles. The number of aromatic nitrogens is 3. The molecule has 1 fully saturated rings. The van der Waals surface area contributed by atoms with Gasteiger partial charge in [-0.15, -0.1) is 0 Å². The van der Waals surface area contributed by atoms with Gasteiger partial charge in [-0.05, 0) is 43.0 Å². The summed E-state index contributed by atoms with van der Waals surface area (Å²) in [6.45, 7) is 6.62. The van der Waals surface area contributed by atoms with E-state index in [0.29, 0.717) is 63.4 Å². The molecule has 0 unspecified atom stereocenters. The molecule has 0 spiro atoms.